The molecule has 1 atom stereocenters. The molecule has 0 amide bonds. The SMILES string of the molecule is CCCNC(C)c1nnc(NCC2CCC(C)CC2)o1. The molecule has 1 aliphatic rings. The maximum Gasteiger partial charge on any atom is 0.315 e. The van der Waals surface area contributed by atoms with Gasteiger partial charge in [0.1, 0.15) is 0 Å². The first-order chi connectivity index (χ1) is 9.69. The minimum Gasteiger partial charge on any atom is -0.406 e. The lowest BCUT2D eigenvalue weighted by molar-refractivity contribution is 0.299. The molecular weight excluding hydrogens is 252 g/mol. The normalized spacial score (nSPS) is 24.6. The molecule has 0 aromatic carbocycles. The summed E-state index contributed by atoms with van der Waals surface area (Å²) < 4.78 is 5.66. The van der Waals surface area contributed by atoms with Crippen LogP contribution in [0.25, 0.3) is 0 Å². The Balaban J connectivity index is 1.75. The summed E-state index contributed by atoms with van der Waals surface area (Å²) in [6.45, 7) is 8.46. The molecule has 20 heavy (non-hydrogen) atoms. The van der Waals surface area contributed by atoms with E-state index >= 15 is 0 Å². The molecule has 1 heterocycles. The van der Waals surface area contributed by atoms with E-state index in [-0.39, 0.29) is 6.04 Å². The molecule has 1 aromatic heterocycles. The van der Waals surface area contributed by atoms with Crippen LogP contribution in [0.3, 0.4) is 0 Å². The zero-order chi connectivity index (χ0) is 14.4. The Hall–Kier alpha value is -1.10. The lowest BCUT2D eigenvalue weighted by atomic mass is 9.83. The van der Waals surface area contributed by atoms with Crippen molar-refractivity contribution in [3.8, 4) is 0 Å². The van der Waals surface area contributed by atoms with Crippen LogP contribution in [0.2, 0.25) is 0 Å². The molecule has 0 bridgehead atoms. The Morgan fingerprint density at radius 3 is 2.70 bits per heavy atom. The fraction of sp³-hybridized carbons (Fsp3) is 0.867. The van der Waals surface area contributed by atoms with Gasteiger partial charge in [0.15, 0.2) is 0 Å². The Morgan fingerprint density at radius 1 is 1.25 bits per heavy atom. The summed E-state index contributed by atoms with van der Waals surface area (Å²) in [7, 11) is 0. The van der Waals surface area contributed by atoms with E-state index in [2.05, 4.69) is 41.6 Å². The van der Waals surface area contributed by atoms with Crippen molar-refractivity contribution >= 4 is 6.01 Å². The molecule has 0 radical (unpaired) electrons. The van der Waals surface area contributed by atoms with E-state index in [1.54, 1.807) is 0 Å². The van der Waals surface area contributed by atoms with E-state index in [4.69, 9.17) is 4.42 Å². The molecule has 5 heteroatoms. The van der Waals surface area contributed by atoms with E-state index < -0.39 is 0 Å². The highest BCUT2D eigenvalue weighted by Crippen LogP contribution is 2.28. The average Bonchev–Trinajstić information content (AvgIpc) is 2.93. The van der Waals surface area contributed by atoms with E-state index in [1.165, 1.54) is 25.7 Å². The summed E-state index contributed by atoms with van der Waals surface area (Å²) in [5, 5.41) is 14.8. The molecule has 2 rings (SSSR count). The molecule has 1 aliphatic carbocycles. The standard InChI is InChI=1S/C15H28N4O/c1-4-9-16-12(3)14-18-19-15(20-14)17-10-13-7-5-11(2)6-8-13/h11-13,16H,4-10H2,1-3H3,(H,17,19). The predicted octanol–water partition coefficient (Wildman–Crippen LogP) is 3.37. The van der Waals surface area contributed by atoms with Gasteiger partial charge in [0, 0.05) is 6.54 Å². The van der Waals surface area contributed by atoms with E-state index in [0.717, 1.165) is 31.3 Å². The number of aromatic nitrogens is 2. The monoisotopic (exact) mass is 280 g/mol. The molecule has 0 spiro atoms. The summed E-state index contributed by atoms with van der Waals surface area (Å²) in [4.78, 5) is 0. The van der Waals surface area contributed by atoms with Crippen LogP contribution in [0.4, 0.5) is 6.01 Å². The molecule has 5 nitrogen and oxygen atoms in total. The zero-order valence-corrected chi connectivity index (χ0v) is 13.0. The number of hydrogen-bond donors (Lipinski definition) is 2. The Morgan fingerprint density at radius 2 is 2.00 bits per heavy atom. The highest BCUT2D eigenvalue weighted by atomic mass is 16.4. The van der Waals surface area contributed by atoms with Crippen LogP contribution in [-0.2, 0) is 0 Å². The molecule has 1 aromatic rings. The van der Waals surface area contributed by atoms with Gasteiger partial charge in [-0.2, -0.15) is 0 Å². The van der Waals surface area contributed by atoms with Gasteiger partial charge in [0.2, 0.25) is 5.89 Å². The zero-order valence-electron chi connectivity index (χ0n) is 13.0. The highest BCUT2D eigenvalue weighted by molar-refractivity contribution is 5.17. The minimum atomic E-state index is 0.119. The van der Waals surface area contributed by atoms with Gasteiger partial charge in [-0.15, -0.1) is 5.10 Å². The summed E-state index contributed by atoms with van der Waals surface area (Å²) in [6.07, 6.45) is 6.41. The third-order valence-corrected chi connectivity index (χ3v) is 4.19. The summed E-state index contributed by atoms with van der Waals surface area (Å²) in [5.74, 6) is 2.31. The van der Waals surface area contributed by atoms with Gasteiger partial charge in [-0.3, -0.25) is 0 Å². The number of anilines is 1. The quantitative estimate of drug-likeness (QED) is 0.801. The van der Waals surface area contributed by atoms with Crippen LogP contribution in [-0.4, -0.2) is 23.3 Å². The lowest BCUT2D eigenvalue weighted by Gasteiger charge is -2.25. The van der Waals surface area contributed by atoms with Gasteiger partial charge in [-0.05, 0) is 44.6 Å². The van der Waals surface area contributed by atoms with E-state index in [0.29, 0.717) is 11.9 Å². The highest BCUT2D eigenvalue weighted by Gasteiger charge is 2.19. The van der Waals surface area contributed by atoms with Gasteiger partial charge < -0.3 is 15.1 Å². The topological polar surface area (TPSA) is 63.0 Å². The predicted molar refractivity (Wildman–Crippen MR) is 80.6 cm³/mol. The summed E-state index contributed by atoms with van der Waals surface area (Å²) in [5.41, 5.74) is 0. The third-order valence-electron chi connectivity index (χ3n) is 4.19. The summed E-state index contributed by atoms with van der Waals surface area (Å²) >= 11 is 0. The summed E-state index contributed by atoms with van der Waals surface area (Å²) in [6, 6.07) is 0.678. The molecule has 0 aliphatic heterocycles. The minimum absolute atomic E-state index is 0.119. The van der Waals surface area contributed by atoms with Crippen LogP contribution in [0.1, 0.15) is 64.8 Å². The first-order valence-corrected chi connectivity index (χ1v) is 7.99. The van der Waals surface area contributed by atoms with Crippen LogP contribution >= 0.6 is 0 Å². The molecule has 1 saturated carbocycles. The first kappa shape index (κ1) is 15.3. The van der Waals surface area contributed by atoms with Crippen molar-refractivity contribution in [1.29, 1.82) is 0 Å². The second kappa shape index (κ2) is 7.62. The Kier molecular flexibility index (Phi) is 5.83. The molecule has 0 saturated heterocycles. The van der Waals surface area contributed by atoms with E-state index in [9.17, 15) is 0 Å². The van der Waals surface area contributed by atoms with Crippen molar-refractivity contribution in [2.75, 3.05) is 18.4 Å². The van der Waals surface area contributed by atoms with Crippen molar-refractivity contribution in [2.24, 2.45) is 11.8 Å². The van der Waals surface area contributed by atoms with Crippen LogP contribution < -0.4 is 10.6 Å². The van der Waals surface area contributed by atoms with Crippen molar-refractivity contribution in [3.63, 3.8) is 0 Å². The van der Waals surface area contributed by atoms with E-state index in [1.807, 2.05) is 0 Å². The van der Waals surface area contributed by atoms with Crippen LogP contribution in [0, 0.1) is 11.8 Å². The molecule has 114 valence electrons. The van der Waals surface area contributed by atoms with Gasteiger partial charge in [0.05, 0.1) is 6.04 Å². The number of hydrogen-bond acceptors (Lipinski definition) is 5. The maximum atomic E-state index is 5.66. The Bertz CT molecular complexity index is 385. The average molecular weight is 280 g/mol. The number of rotatable bonds is 7. The number of nitrogens with one attached hydrogen (secondary N) is 2. The van der Waals surface area contributed by atoms with Gasteiger partial charge in [-0.1, -0.05) is 31.8 Å². The Labute approximate surface area is 121 Å². The molecule has 1 fully saturated rings. The van der Waals surface area contributed by atoms with Crippen LogP contribution in [0.5, 0.6) is 0 Å². The second-order valence-corrected chi connectivity index (χ2v) is 6.13. The van der Waals surface area contributed by atoms with Gasteiger partial charge in [-0.25, -0.2) is 0 Å². The molecular formula is C15H28N4O. The fourth-order valence-corrected chi connectivity index (χ4v) is 2.69. The van der Waals surface area contributed by atoms with Crippen molar-refractivity contribution < 1.29 is 4.42 Å². The van der Waals surface area contributed by atoms with Crippen molar-refractivity contribution in [3.05, 3.63) is 5.89 Å². The lowest BCUT2D eigenvalue weighted by Crippen LogP contribution is -2.20. The largest absolute Gasteiger partial charge is 0.406 e. The van der Waals surface area contributed by atoms with Crippen LogP contribution in [0.15, 0.2) is 4.42 Å². The first-order valence-electron chi connectivity index (χ1n) is 7.99. The fourth-order valence-electron chi connectivity index (χ4n) is 2.69. The number of nitrogens with zero attached hydrogens (tertiary/aromatic N) is 2. The third kappa shape index (κ3) is 4.47. The van der Waals surface area contributed by atoms with Gasteiger partial charge >= 0.3 is 6.01 Å². The smallest absolute Gasteiger partial charge is 0.315 e. The molecule has 1 unspecified atom stereocenters. The van der Waals surface area contributed by atoms with Gasteiger partial charge in [0.25, 0.3) is 0 Å². The van der Waals surface area contributed by atoms with Crippen molar-refractivity contribution in [2.45, 2.75) is 58.9 Å². The van der Waals surface area contributed by atoms with Crippen molar-refractivity contribution in [1.82, 2.24) is 15.5 Å². The molecule has 2 N–H and O–H groups in total. The maximum absolute atomic E-state index is 5.66. The second-order valence-electron chi connectivity index (χ2n) is 6.13.